The Morgan fingerprint density at radius 2 is 2.28 bits per heavy atom. The van der Waals surface area contributed by atoms with Crippen molar-refractivity contribution in [1.82, 2.24) is 0 Å². The number of hydrogen-bond acceptors (Lipinski definition) is 3. The van der Waals surface area contributed by atoms with Crippen LogP contribution in [0.3, 0.4) is 0 Å². The predicted octanol–water partition coefficient (Wildman–Crippen LogP) is 2.86. The van der Waals surface area contributed by atoms with Crippen molar-refractivity contribution in [3.63, 3.8) is 0 Å². The Labute approximate surface area is 115 Å². The number of nitrogens with two attached hydrogens (primary N) is 1. The molecule has 0 aromatic heterocycles. The molecule has 1 saturated carbocycles. The molecule has 18 heavy (non-hydrogen) atoms. The van der Waals surface area contributed by atoms with E-state index in [1.165, 1.54) is 6.07 Å². The maximum atomic E-state index is 13.5. The molecule has 0 spiro atoms. The first-order chi connectivity index (χ1) is 8.61. The van der Waals surface area contributed by atoms with Gasteiger partial charge in [0.05, 0.1) is 0 Å². The smallest absolute Gasteiger partial charge is 0.165 e. The highest BCUT2D eigenvalue weighted by atomic mass is 79.9. The van der Waals surface area contributed by atoms with Gasteiger partial charge in [-0.1, -0.05) is 22.9 Å². The minimum absolute atomic E-state index is 0.0169. The molecule has 0 saturated heterocycles. The predicted molar refractivity (Wildman–Crippen MR) is 71.1 cm³/mol. The number of ether oxygens (including phenoxy) is 2. The fraction of sp³-hybridized carbons (Fsp3) is 0.538. The third-order valence-corrected chi connectivity index (χ3v) is 3.47. The summed E-state index contributed by atoms with van der Waals surface area (Å²) >= 11 is 3.29. The van der Waals surface area contributed by atoms with E-state index >= 15 is 0 Å². The third kappa shape index (κ3) is 3.02. The molecule has 1 aliphatic rings. The highest BCUT2D eigenvalue weighted by Crippen LogP contribution is 2.30. The largest absolute Gasteiger partial charge is 0.484 e. The molecule has 1 aromatic carbocycles. The summed E-state index contributed by atoms with van der Waals surface area (Å²) in [5.41, 5.74) is 5.87. The quantitative estimate of drug-likeness (QED) is 0.908. The summed E-state index contributed by atoms with van der Waals surface area (Å²) in [6.07, 6.45) is 1.33. The summed E-state index contributed by atoms with van der Waals surface area (Å²) < 4.78 is 25.6. The van der Waals surface area contributed by atoms with Crippen molar-refractivity contribution in [3.05, 3.63) is 28.5 Å². The SMILES string of the molecule is CCCOC1C(N)CC1Oc1cc(Br)ccc1F. The average Bonchev–Trinajstić information content (AvgIpc) is 2.33. The Morgan fingerprint density at radius 1 is 1.50 bits per heavy atom. The zero-order valence-electron chi connectivity index (χ0n) is 10.2. The van der Waals surface area contributed by atoms with Crippen LogP contribution in [0.25, 0.3) is 0 Å². The van der Waals surface area contributed by atoms with E-state index in [0.29, 0.717) is 13.0 Å². The number of benzene rings is 1. The van der Waals surface area contributed by atoms with Gasteiger partial charge in [-0.25, -0.2) is 4.39 Å². The second kappa shape index (κ2) is 5.99. The average molecular weight is 318 g/mol. The van der Waals surface area contributed by atoms with Crippen LogP contribution in [-0.4, -0.2) is 24.9 Å². The van der Waals surface area contributed by atoms with Crippen LogP contribution in [-0.2, 0) is 4.74 Å². The van der Waals surface area contributed by atoms with Crippen LogP contribution in [0.4, 0.5) is 4.39 Å². The number of rotatable bonds is 5. The molecule has 3 unspecified atom stereocenters. The normalized spacial score (nSPS) is 26.8. The molecule has 2 N–H and O–H groups in total. The molecule has 5 heteroatoms. The molecule has 1 aliphatic carbocycles. The first-order valence-corrected chi connectivity index (χ1v) is 6.90. The Kier molecular flexibility index (Phi) is 4.59. The van der Waals surface area contributed by atoms with Gasteiger partial charge in [-0.05, 0) is 24.6 Å². The molecule has 0 heterocycles. The van der Waals surface area contributed by atoms with Crippen LogP contribution in [0.15, 0.2) is 22.7 Å². The Morgan fingerprint density at radius 3 is 2.94 bits per heavy atom. The van der Waals surface area contributed by atoms with Crippen molar-refractivity contribution in [3.8, 4) is 5.75 Å². The van der Waals surface area contributed by atoms with Gasteiger partial charge in [0.2, 0.25) is 0 Å². The summed E-state index contributed by atoms with van der Waals surface area (Å²) in [4.78, 5) is 0. The van der Waals surface area contributed by atoms with E-state index in [4.69, 9.17) is 15.2 Å². The molecule has 0 bridgehead atoms. The van der Waals surface area contributed by atoms with Crippen molar-refractivity contribution < 1.29 is 13.9 Å². The molecule has 100 valence electrons. The van der Waals surface area contributed by atoms with Crippen molar-refractivity contribution in [2.45, 2.75) is 38.0 Å². The highest BCUT2D eigenvalue weighted by Gasteiger charge is 2.41. The van der Waals surface area contributed by atoms with E-state index in [9.17, 15) is 4.39 Å². The van der Waals surface area contributed by atoms with Crippen LogP contribution in [0.2, 0.25) is 0 Å². The van der Waals surface area contributed by atoms with Gasteiger partial charge in [0.15, 0.2) is 11.6 Å². The minimum atomic E-state index is -0.368. The van der Waals surface area contributed by atoms with Gasteiger partial charge in [-0.15, -0.1) is 0 Å². The van der Waals surface area contributed by atoms with E-state index < -0.39 is 0 Å². The van der Waals surface area contributed by atoms with Gasteiger partial charge in [0.1, 0.15) is 12.2 Å². The molecule has 0 aliphatic heterocycles. The highest BCUT2D eigenvalue weighted by molar-refractivity contribution is 9.10. The van der Waals surface area contributed by atoms with Gasteiger partial charge in [-0.2, -0.15) is 0 Å². The first kappa shape index (κ1) is 13.8. The Bertz CT molecular complexity index is 416. The molecule has 2 rings (SSSR count). The molecular weight excluding hydrogens is 301 g/mol. The zero-order chi connectivity index (χ0) is 13.1. The second-order valence-corrected chi connectivity index (χ2v) is 5.38. The number of halogens is 2. The van der Waals surface area contributed by atoms with E-state index in [-0.39, 0.29) is 29.8 Å². The van der Waals surface area contributed by atoms with E-state index in [0.717, 1.165) is 10.9 Å². The summed E-state index contributed by atoms with van der Waals surface area (Å²) in [5.74, 6) is -0.126. The van der Waals surface area contributed by atoms with E-state index in [2.05, 4.69) is 15.9 Å². The van der Waals surface area contributed by atoms with Crippen LogP contribution < -0.4 is 10.5 Å². The molecular formula is C13H17BrFNO2. The van der Waals surface area contributed by atoms with Crippen LogP contribution in [0.5, 0.6) is 5.75 Å². The van der Waals surface area contributed by atoms with E-state index in [1.54, 1.807) is 12.1 Å². The molecule has 1 fully saturated rings. The van der Waals surface area contributed by atoms with Crippen molar-refractivity contribution in [1.29, 1.82) is 0 Å². The lowest BCUT2D eigenvalue weighted by molar-refractivity contribution is -0.0989. The lowest BCUT2D eigenvalue weighted by Gasteiger charge is -2.41. The van der Waals surface area contributed by atoms with Crippen molar-refractivity contribution in [2.75, 3.05) is 6.61 Å². The van der Waals surface area contributed by atoms with Gasteiger partial charge >= 0.3 is 0 Å². The topological polar surface area (TPSA) is 44.5 Å². The van der Waals surface area contributed by atoms with Gasteiger partial charge in [0, 0.05) is 23.5 Å². The molecule has 3 atom stereocenters. The molecule has 1 aromatic rings. The van der Waals surface area contributed by atoms with Crippen LogP contribution >= 0.6 is 15.9 Å². The molecule has 0 radical (unpaired) electrons. The van der Waals surface area contributed by atoms with Crippen molar-refractivity contribution in [2.24, 2.45) is 5.73 Å². The standard InChI is InChI=1S/C13H17BrFNO2/c1-2-5-17-13-10(16)7-12(13)18-11-6-8(14)3-4-9(11)15/h3-4,6,10,12-13H,2,5,7,16H2,1H3. The van der Waals surface area contributed by atoms with Crippen molar-refractivity contribution >= 4 is 15.9 Å². The fourth-order valence-electron chi connectivity index (χ4n) is 1.95. The summed E-state index contributed by atoms with van der Waals surface area (Å²) in [7, 11) is 0. The maximum Gasteiger partial charge on any atom is 0.165 e. The fourth-order valence-corrected chi connectivity index (χ4v) is 2.29. The van der Waals surface area contributed by atoms with E-state index in [1.807, 2.05) is 6.92 Å². The van der Waals surface area contributed by atoms with Gasteiger partial charge in [-0.3, -0.25) is 0 Å². The summed E-state index contributed by atoms with van der Waals surface area (Å²) in [5, 5.41) is 0. The lowest BCUT2D eigenvalue weighted by atomic mass is 9.86. The van der Waals surface area contributed by atoms with Gasteiger partial charge < -0.3 is 15.2 Å². The minimum Gasteiger partial charge on any atom is -0.484 e. The summed E-state index contributed by atoms with van der Waals surface area (Å²) in [6.45, 7) is 2.69. The Balaban J connectivity index is 1.98. The second-order valence-electron chi connectivity index (χ2n) is 4.47. The molecule has 0 amide bonds. The van der Waals surface area contributed by atoms with Crippen LogP contribution in [0.1, 0.15) is 19.8 Å². The van der Waals surface area contributed by atoms with Gasteiger partial charge in [0.25, 0.3) is 0 Å². The van der Waals surface area contributed by atoms with Crippen LogP contribution in [0, 0.1) is 5.82 Å². The first-order valence-electron chi connectivity index (χ1n) is 6.10. The zero-order valence-corrected chi connectivity index (χ0v) is 11.8. The molecule has 3 nitrogen and oxygen atoms in total. The lowest BCUT2D eigenvalue weighted by Crippen LogP contribution is -2.59. The monoisotopic (exact) mass is 317 g/mol. The maximum absolute atomic E-state index is 13.5. The summed E-state index contributed by atoms with van der Waals surface area (Å²) in [6, 6.07) is 4.62. The Hall–Kier alpha value is -0.650. The number of hydrogen-bond donors (Lipinski definition) is 1. The third-order valence-electron chi connectivity index (χ3n) is 2.98.